The van der Waals surface area contributed by atoms with Gasteiger partial charge in [0.25, 0.3) is 0 Å². The van der Waals surface area contributed by atoms with Gasteiger partial charge in [0.2, 0.25) is 0 Å². The zero-order valence-corrected chi connectivity index (χ0v) is 8.29. The minimum absolute atomic E-state index is 0.843. The van der Waals surface area contributed by atoms with Crippen molar-refractivity contribution in [3.8, 4) is 0 Å². The van der Waals surface area contributed by atoms with Gasteiger partial charge in [-0.25, -0.2) is 0 Å². The first kappa shape index (κ1) is 8.52. The lowest BCUT2D eigenvalue weighted by atomic mass is 10.2. The number of hydrogen-bond acceptors (Lipinski definition) is 2. The molecular weight excluding hydrogens is 148 g/mol. The highest BCUT2D eigenvalue weighted by molar-refractivity contribution is 4.84. The molecule has 1 heterocycles. The van der Waals surface area contributed by atoms with Crippen molar-refractivity contribution in [2.45, 2.75) is 25.3 Å². The summed E-state index contributed by atoms with van der Waals surface area (Å²) in [5.41, 5.74) is 0. The maximum Gasteiger partial charge on any atom is 0.0232 e. The summed E-state index contributed by atoms with van der Waals surface area (Å²) in [5, 5.41) is 0. The third-order valence-corrected chi connectivity index (χ3v) is 3.23. The molecular formula is C10H20N2. The van der Waals surface area contributed by atoms with E-state index in [2.05, 4.69) is 23.9 Å². The maximum absolute atomic E-state index is 2.57. The molecule has 1 aliphatic carbocycles. The third kappa shape index (κ3) is 1.99. The molecule has 12 heavy (non-hydrogen) atoms. The summed E-state index contributed by atoms with van der Waals surface area (Å²) in [5.74, 6) is 1.04. The van der Waals surface area contributed by atoms with Gasteiger partial charge in [0.1, 0.15) is 0 Å². The molecule has 2 aliphatic rings. The summed E-state index contributed by atoms with van der Waals surface area (Å²) in [6.45, 7) is 3.92. The molecule has 2 heteroatoms. The van der Waals surface area contributed by atoms with Gasteiger partial charge >= 0.3 is 0 Å². The number of rotatable bonds is 3. The van der Waals surface area contributed by atoms with Crippen molar-refractivity contribution in [3.63, 3.8) is 0 Å². The van der Waals surface area contributed by atoms with Crippen LogP contribution in [0.4, 0.5) is 0 Å². The zero-order chi connectivity index (χ0) is 8.55. The van der Waals surface area contributed by atoms with Gasteiger partial charge in [0.05, 0.1) is 0 Å². The average molecular weight is 168 g/mol. The van der Waals surface area contributed by atoms with E-state index in [0.717, 1.165) is 12.0 Å². The Labute approximate surface area is 75.5 Å². The van der Waals surface area contributed by atoms with Crippen molar-refractivity contribution < 1.29 is 0 Å². The first-order chi connectivity index (χ1) is 5.75. The normalized spacial score (nSPS) is 31.8. The van der Waals surface area contributed by atoms with E-state index in [1.807, 2.05) is 0 Å². The minimum Gasteiger partial charge on any atom is -0.305 e. The lowest BCUT2D eigenvalue weighted by Crippen LogP contribution is -2.35. The minimum atomic E-state index is 0.843. The quantitative estimate of drug-likeness (QED) is 0.621. The van der Waals surface area contributed by atoms with Gasteiger partial charge in [-0.2, -0.15) is 0 Å². The van der Waals surface area contributed by atoms with E-state index in [0.29, 0.717) is 0 Å². The van der Waals surface area contributed by atoms with E-state index in [-0.39, 0.29) is 0 Å². The van der Waals surface area contributed by atoms with Crippen molar-refractivity contribution in [3.05, 3.63) is 0 Å². The van der Waals surface area contributed by atoms with E-state index in [4.69, 9.17) is 0 Å². The monoisotopic (exact) mass is 168 g/mol. The fourth-order valence-electron chi connectivity index (χ4n) is 2.13. The highest BCUT2D eigenvalue weighted by Crippen LogP contribution is 2.30. The lowest BCUT2D eigenvalue weighted by molar-refractivity contribution is 0.233. The smallest absolute Gasteiger partial charge is 0.0232 e. The van der Waals surface area contributed by atoms with E-state index < -0.39 is 0 Å². The van der Waals surface area contributed by atoms with Crippen LogP contribution in [0.25, 0.3) is 0 Å². The van der Waals surface area contributed by atoms with Crippen LogP contribution < -0.4 is 0 Å². The van der Waals surface area contributed by atoms with Crippen LogP contribution in [0.3, 0.4) is 0 Å². The van der Waals surface area contributed by atoms with Gasteiger partial charge in [-0.1, -0.05) is 0 Å². The number of nitrogens with zero attached hydrogens (tertiary/aromatic N) is 2. The van der Waals surface area contributed by atoms with Crippen LogP contribution in [-0.2, 0) is 0 Å². The van der Waals surface area contributed by atoms with E-state index >= 15 is 0 Å². The van der Waals surface area contributed by atoms with Crippen molar-refractivity contribution in [2.24, 2.45) is 5.92 Å². The molecule has 2 fully saturated rings. The zero-order valence-electron chi connectivity index (χ0n) is 8.29. The number of hydrogen-bond donors (Lipinski definition) is 0. The Bertz CT molecular complexity index is 154. The van der Waals surface area contributed by atoms with Crippen molar-refractivity contribution in [2.75, 3.05) is 33.7 Å². The first-order valence-electron chi connectivity index (χ1n) is 5.14. The molecule has 1 aliphatic heterocycles. The molecule has 0 radical (unpaired) electrons. The van der Waals surface area contributed by atoms with E-state index in [9.17, 15) is 0 Å². The van der Waals surface area contributed by atoms with Crippen molar-refractivity contribution >= 4 is 0 Å². The van der Waals surface area contributed by atoms with Gasteiger partial charge in [-0.05, 0) is 45.8 Å². The summed E-state index contributed by atoms with van der Waals surface area (Å²) >= 11 is 0. The molecule has 1 saturated carbocycles. The summed E-state index contributed by atoms with van der Waals surface area (Å²) in [6, 6.07) is 0.843. The molecule has 0 aromatic heterocycles. The van der Waals surface area contributed by atoms with Crippen LogP contribution in [-0.4, -0.2) is 49.6 Å². The molecule has 0 aromatic rings. The van der Waals surface area contributed by atoms with Gasteiger partial charge < -0.3 is 9.80 Å². The molecule has 0 N–H and O–H groups in total. The molecule has 70 valence electrons. The average Bonchev–Trinajstić information content (AvgIpc) is 2.72. The molecule has 0 amide bonds. The molecule has 1 saturated heterocycles. The molecule has 2 nitrogen and oxygen atoms in total. The van der Waals surface area contributed by atoms with E-state index in [1.165, 1.54) is 38.9 Å². The summed E-state index contributed by atoms with van der Waals surface area (Å²) in [7, 11) is 4.52. The molecule has 0 spiro atoms. The van der Waals surface area contributed by atoms with Crippen molar-refractivity contribution in [1.82, 2.24) is 9.80 Å². The predicted molar refractivity (Wildman–Crippen MR) is 51.3 cm³/mol. The van der Waals surface area contributed by atoms with Gasteiger partial charge in [-0.3, -0.25) is 0 Å². The Morgan fingerprint density at radius 2 is 2.08 bits per heavy atom. The summed E-state index contributed by atoms with van der Waals surface area (Å²) < 4.78 is 0. The Kier molecular flexibility index (Phi) is 2.37. The SMILES string of the molecule is CN1CC[C@H](N(C)CC2CC2)C1. The highest BCUT2D eigenvalue weighted by atomic mass is 15.2. The maximum atomic E-state index is 2.57. The van der Waals surface area contributed by atoms with Crippen LogP contribution in [0.15, 0.2) is 0 Å². The molecule has 2 rings (SSSR count). The number of likely N-dealkylation sites (tertiary alicyclic amines) is 1. The third-order valence-electron chi connectivity index (χ3n) is 3.23. The Morgan fingerprint density at radius 1 is 1.33 bits per heavy atom. The van der Waals surface area contributed by atoms with Gasteiger partial charge in [-0.15, -0.1) is 0 Å². The van der Waals surface area contributed by atoms with Gasteiger partial charge in [0.15, 0.2) is 0 Å². The largest absolute Gasteiger partial charge is 0.305 e. The molecule has 0 aromatic carbocycles. The standard InChI is InChI=1S/C10H20N2/c1-11-6-5-10(8-11)12(2)7-9-3-4-9/h9-10H,3-8H2,1-2H3/t10-/m0/s1. The van der Waals surface area contributed by atoms with Gasteiger partial charge in [0, 0.05) is 19.1 Å². The second-order valence-electron chi connectivity index (χ2n) is 4.59. The number of likely N-dealkylation sites (N-methyl/N-ethyl adjacent to an activating group) is 2. The summed E-state index contributed by atoms with van der Waals surface area (Å²) in [4.78, 5) is 5.01. The topological polar surface area (TPSA) is 6.48 Å². The Hall–Kier alpha value is -0.0800. The van der Waals surface area contributed by atoms with Crippen molar-refractivity contribution in [1.29, 1.82) is 0 Å². The van der Waals surface area contributed by atoms with Crippen LogP contribution in [0.2, 0.25) is 0 Å². The second-order valence-corrected chi connectivity index (χ2v) is 4.59. The molecule has 0 bridgehead atoms. The van der Waals surface area contributed by atoms with Crippen LogP contribution in [0, 0.1) is 5.92 Å². The fourth-order valence-corrected chi connectivity index (χ4v) is 2.13. The lowest BCUT2D eigenvalue weighted by Gasteiger charge is -2.23. The summed E-state index contributed by atoms with van der Waals surface area (Å²) in [6.07, 6.45) is 4.33. The van der Waals surface area contributed by atoms with Crippen LogP contribution >= 0.6 is 0 Å². The highest BCUT2D eigenvalue weighted by Gasteiger charge is 2.28. The molecule has 1 atom stereocenters. The van der Waals surface area contributed by atoms with E-state index in [1.54, 1.807) is 0 Å². The fraction of sp³-hybridized carbons (Fsp3) is 1.00. The molecule has 0 unspecified atom stereocenters. The Balaban J connectivity index is 1.74. The van der Waals surface area contributed by atoms with Crippen LogP contribution in [0.5, 0.6) is 0 Å². The Morgan fingerprint density at radius 3 is 2.58 bits per heavy atom. The van der Waals surface area contributed by atoms with Crippen LogP contribution in [0.1, 0.15) is 19.3 Å². The first-order valence-corrected chi connectivity index (χ1v) is 5.14. The predicted octanol–water partition coefficient (Wildman–Crippen LogP) is 1.03. The second kappa shape index (κ2) is 3.35.